The van der Waals surface area contributed by atoms with Crippen LogP contribution in [0.4, 0.5) is 0 Å². The highest BCUT2D eigenvalue weighted by atomic mass is 32.1. The van der Waals surface area contributed by atoms with E-state index in [-0.39, 0.29) is 0 Å². The lowest BCUT2D eigenvalue weighted by molar-refractivity contribution is 0.623. The molecule has 4 heterocycles. The fourth-order valence-corrected chi connectivity index (χ4v) is 9.55. The lowest BCUT2D eigenvalue weighted by Crippen LogP contribution is -1.95. The van der Waals surface area contributed by atoms with Crippen molar-refractivity contribution in [3.63, 3.8) is 0 Å². The van der Waals surface area contributed by atoms with Crippen LogP contribution in [0.5, 0.6) is 0 Å². The summed E-state index contributed by atoms with van der Waals surface area (Å²) in [6.07, 6.45) is 0. The first-order chi connectivity index (χ1) is 25.8. The maximum Gasteiger partial charge on any atom is 0.228 e. The van der Waals surface area contributed by atoms with Crippen LogP contribution < -0.4 is 0 Å². The fraction of sp³-hybridized carbons (Fsp3) is 0. The van der Waals surface area contributed by atoms with Crippen LogP contribution in [0, 0.1) is 0 Å². The van der Waals surface area contributed by atoms with E-state index >= 15 is 0 Å². The molecule has 5 heteroatoms. The average Bonchev–Trinajstić information content (AvgIpc) is 3.97. The number of hydrogen-bond donors (Lipinski definition) is 0. The van der Waals surface area contributed by atoms with Gasteiger partial charge in [-0.1, -0.05) is 109 Å². The normalized spacial score (nSPS) is 12.2. The van der Waals surface area contributed by atoms with E-state index in [2.05, 4.69) is 150 Å². The summed E-state index contributed by atoms with van der Waals surface area (Å²) < 4.78 is 18.5. The maximum absolute atomic E-state index is 6.94. The van der Waals surface area contributed by atoms with Crippen molar-refractivity contribution in [1.29, 1.82) is 0 Å². The minimum Gasteiger partial charge on any atom is -0.454 e. The molecule has 52 heavy (non-hydrogen) atoms. The SMILES string of the molecule is c1ccc2cc(-c3cc4nc(-c5ccc(-n6c7ccccc7c7ccccc76)c6oc7ccccc7c56)oc4c4c3sc3ccccc34)ccc2c1. The molecule has 0 aliphatic heterocycles. The Labute approximate surface area is 300 Å². The van der Waals surface area contributed by atoms with E-state index in [9.17, 15) is 0 Å². The number of hydrogen-bond acceptors (Lipinski definition) is 4. The van der Waals surface area contributed by atoms with Crippen molar-refractivity contribution in [3.8, 4) is 28.3 Å². The summed E-state index contributed by atoms with van der Waals surface area (Å²) in [6, 6.07) is 55.8. The molecule has 0 bridgehead atoms. The molecule has 0 unspecified atom stereocenters. The summed E-state index contributed by atoms with van der Waals surface area (Å²) in [5.41, 5.74) is 9.75. The molecular weight excluding hydrogens is 657 g/mol. The van der Waals surface area contributed by atoms with Crippen molar-refractivity contribution in [1.82, 2.24) is 9.55 Å². The fourth-order valence-electron chi connectivity index (χ4n) is 8.31. The van der Waals surface area contributed by atoms with Crippen LogP contribution in [-0.4, -0.2) is 9.55 Å². The third-order valence-electron chi connectivity index (χ3n) is 10.6. The van der Waals surface area contributed by atoms with Gasteiger partial charge in [-0.05, 0) is 64.9 Å². The zero-order valence-electron chi connectivity index (χ0n) is 27.6. The van der Waals surface area contributed by atoms with Gasteiger partial charge in [0, 0.05) is 52.8 Å². The molecule has 0 aliphatic rings. The van der Waals surface area contributed by atoms with Crippen molar-refractivity contribution >= 4 is 97.1 Å². The predicted octanol–water partition coefficient (Wildman–Crippen LogP) is 13.7. The van der Waals surface area contributed by atoms with Crippen molar-refractivity contribution in [2.75, 3.05) is 0 Å². The summed E-state index contributed by atoms with van der Waals surface area (Å²) in [6.45, 7) is 0. The molecule has 8 aromatic carbocycles. The van der Waals surface area contributed by atoms with Gasteiger partial charge in [0.25, 0.3) is 0 Å². The topological polar surface area (TPSA) is 44.1 Å². The molecule has 12 rings (SSSR count). The van der Waals surface area contributed by atoms with Crippen molar-refractivity contribution in [2.24, 2.45) is 0 Å². The van der Waals surface area contributed by atoms with E-state index in [0.717, 1.165) is 66.3 Å². The summed E-state index contributed by atoms with van der Waals surface area (Å²) in [5.74, 6) is 0.576. The van der Waals surface area contributed by atoms with Gasteiger partial charge in [0.05, 0.1) is 16.7 Å². The van der Waals surface area contributed by atoms with Crippen LogP contribution in [0.2, 0.25) is 0 Å². The molecular formula is C47H26N2O2S. The summed E-state index contributed by atoms with van der Waals surface area (Å²) in [5, 5.41) is 9.16. The Bertz CT molecular complexity index is 3380. The lowest BCUT2D eigenvalue weighted by atomic mass is 9.99. The summed E-state index contributed by atoms with van der Waals surface area (Å²) >= 11 is 1.81. The quantitative estimate of drug-likeness (QED) is 0.186. The largest absolute Gasteiger partial charge is 0.454 e. The predicted molar refractivity (Wildman–Crippen MR) is 217 cm³/mol. The van der Waals surface area contributed by atoms with E-state index < -0.39 is 0 Å². The first kappa shape index (κ1) is 28.1. The number of oxazole rings is 1. The van der Waals surface area contributed by atoms with Gasteiger partial charge in [0.15, 0.2) is 11.2 Å². The van der Waals surface area contributed by atoms with E-state index in [1.807, 2.05) is 23.5 Å². The van der Waals surface area contributed by atoms with Crippen LogP contribution in [-0.2, 0) is 0 Å². The van der Waals surface area contributed by atoms with Gasteiger partial charge in [0.1, 0.15) is 11.1 Å². The molecule has 0 fully saturated rings. The number of fused-ring (bicyclic) bond motifs is 12. The Morgan fingerprint density at radius 2 is 1.19 bits per heavy atom. The first-order valence-electron chi connectivity index (χ1n) is 17.5. The molecule has 0 atom stereocenters. The van der Waals surface area contributed by atoms with Gasteiger partial charge in [-0.25, -0.2) is 4.98 Å². The Hall–Kier alpha value is -6.69. The molecule has 0 saturated carbocycles. The number of benzene rings is 8. The second-order valence-corrected chi connectivity index (χ2v) is 14.5. The highest BCUT2D eigenvalue weighted by molar-refractivity contribution is 7.26. The standard InChI is InChI=1S/C47H26N2O2S/c1-2-12-28-25-29(22-21-27(28)11-1)35-26-36-44(43-33-16-6-10-20-41(33)52-46(35)43)51-47(48-36)34-23-24-39(45-42(34)32-15-5-9-19-40(32)50-45)49-37-17-7-3-13-30(37)31-14-4-8-18-38(31)49/h1-26H. The third-order valence-corrected chi connectivity index (χ3v) is 11.8. The van der Waals surface area contributed by atoms with Crippen LogP contribution in [0.25, 0.3) is 114 Å². The molecule has 4 aromatic heterocycles. The summed E-state index contributed by atoms with van der Waals surface area (Å²) in [7, 11) is 0. The molecule has 12 aromatic rings. The number of thiophene rings is 1. The van der Waals surface area contributed by atoms with Crippen molar-refractivity contribution in [3.05, 3.63) is 158 Å². The lowest BCUT2D eigenvalue weighted by Gasteiger charge is -2.10. The number of rotatable bonds is 3. The Kier molecular flexibility index (Phi) is 5.62. The highest BCUT2D eigenvalue weighted by Gasteiger charge is 2.24. The van der Waals surface area contributed by atoms with Gasteiger partial charge in [-0.15, -0.1) is 11.3 Å². The van der Waals surface area contributed by atoms with Crippen LogP contribution in [0.1, 0.15) is 0 Å². The number of furan rings is 1. The van der Waals surface area contributed by atoms with Gasteiger partial charge in [-0.3, -0.25) is 0 Å². The average molecular weight is 683 g/mol. The summed E-state index contributed by atoms with van der Waals surface area (Å²) in [4.78, 5) is 5.29. The van der Waals surface area contributed by atoms with Crippen molar-refractivity contribution in [2.45, 2.75) is 0 Å². The Morgan fingerprint density at radius 3 is 2.02 bits per heavy atom. The molecule has 0 aliphatic carbocycles. The van der Waals surface area contributed by atoms with Gasteiger partial charge in [0.2, 0.25) is 5.89 Å². The minimum absolute atomic E-state index is 0.576. The van der Waals surface area contributed by atoms with E-state index in [1.165, 1.54) is 41.9 Å². The Balaban J connectivity index is 1.16. The van der Waals surface area contributed by atoms with Gasteiger partial charge >= 0.3 is 0 Å². The molecule has 0 saturated heterocycles. The molecule has 0 amide bonds. The number of nitrogens with zero attached hydrogens (tertiary/aromatic N) is 2. The molecule has 0 spiro atoms. The Morgan fingerprint density at radius 1 is 0.500 bits per heavy atom. The molecule has 0 N–H and O–H groups in total. The second kappa shape index (κ2) is 10.4. The van der Waals surface area contributed by atoms with Crippen LogP contribution >= 0.6 is 11.3 Å². The van der Waals surface area contributed by atoms with Crippen molar-refractivity contribution < 1.29 is 8.83 Å². The zero-order chi connectivity index (χ0) is 33.9. The molecule has 4 nitrogen and oxygen atoms in total. The maximum atomic E-state index is 6.94. The van der Waals surface area contributed by atoms with Gasteiger partial charge < -0.3 is 13.4 Å². The molecule has 242 valence electrons. The number of para-hydroxylation sites is 3. The first-order valence-corrected chi connectivity index (χ1v) is 18.3. The molecule has 0 radical (unpaired) electrons. The van der Waals surface area contributed by atoms with Crippen LogP contribution in [0.15, 0.2) is 167 Å². The smallest absolute Gasteiger partial charge is 0.228 e. The van der Waals surface area contributed by atoms with Crippen LogP contribution in [0.3, 0.4) is 0 Å². The van der Waals surface area contributed by atoms with E-state index in [0.29, 0.717) is 5.89 Å². The number of aromatic nitrogens is 2. The zero-order valence-corrected chi connectivity index (χ0v) is 28.4. The van der Waals surface area contributed by atoms with E-state index in [4.69, 9.17) is 13.8 Å². The highest BCUT2D eigenvalue weighted by Crippen LogP contribution is 2.47. The third kappa shape index (κ3) is 3.83. The minimum atomic E-state index is 0.576. The monoisotopic (exact) mass is 682 g/mol. The second-order valence-electron chi connectivity index (χ2n) is 13.5. The van der Waals surface area contributed by atoms with E-state index in [1.54, 1.807) is 0 Å². The van der Waals surface area contributed by atoms with Gasteiger partial charge in [-0.2, -0.15) is 0 Å².